The van der Waals surface area contributed by atoms with E-state index in [-0.39, 0.29) is 11.8 Å². The highest BCUT2D eigenvalue weighted by atomic mass is 16.4. The topological polar surface area (TPSA) is 86.7 Å². The molecule has 1 unspecified atom stereocenters. The van der Waals surface area contributed by atoms with Gasteiger partial charge in [0.1, 0.15) is 6.04 Å². The first-order valence-corrected chi connectivity index (χ1v) is 5.09. The molecule has 1 rings (SSSR count). The van der Waals surface area contributed by atoms with Crippen LogP contribution >= 0.6 is 0 Å². The van der Waals surface area contributed by atoms with Crippen LogP contribution in [-0.2, 0) is 14.4 Å². The first-order chi connectivity index (χ1) is 7.34. The summed E-state index contributed by atoms with van der Waals surface area (Å²) >= 11 is 0. The lowest BCUT2D eigenvalue weighted by Crippen LogP contribution is -2.45. The predicted molar refractivity (Wildman–Crippen MR) is 55.5 cm³/mol. The van der Waals surface area contributed by atoms with E-state index in [9.17, 15) is 14.4 Å². The summed E-state index contributed by atoms with van der Waals surface area (Å²) in [4.78, 5) is 34.9. The van der Waals surface area contributed by atoms with Crippen molar-refractivity contribution < 1.29 is 19.5 Å². The largest absolute Gasteiger partial charge is 0.481 e. The Balaban J connectivity index is 2.42. The molecule has 6 heteroatoms. The third-order valence-electron chi connectivity index (χ3n) is 2.61. The number of hydrogen-bond donors (Lipinski definition) is 2. The van der Waals surface area contributed by atoms with Crippen LogP contribution in [0.3, 0.4) is 0 Å². The van der Waals surface area contributed by atoms with Crippen molar-refractivity contribution in [2.45, 2.75) is 19.4 Å². The number of hydrogen-bond acceptors (Lipinski definition) is 3. The number of carbonyl (C=O) groups excluding carboxylic acids is 2. The Bertz CT molecular complexity index is 327. The zero-order chi connectivity index (χ0) is 12.5. The molecule has 1 saturated carbocycles. The van der Waals surface area contributed by atoms with Crippen molar-refractivity contribution in [2.75, 3.05) is 14.1 Å². The van der Waals surface area contributed by atoms with E-state index in [4.69, 9.17) is 5.11 Å². The van der Waals surface area contributed by atoms with Gasteiger partial charge in [0.05, 0.1) is 11.8 Å². The molecular formula is C10H16N2O4. The Labute approximate surface area is 93.6 Å². The summed E-state index contributed by atoms with van der Waals surface area (Å²) in [6, 6.07) is -0.613. The van der Waals surface area contributed by atoms with Crippen molar-refractivity contribution in [2.24, 2.45) is 11.8 Å². The maximum atomic E-state index is 11.5. The van der Waals surface area contributed by atoms with Gasteiger partial charge in [-0.05, 0) is 13.3 Å². The van der Waals surface area contributed by atoms with Crippen molar-refractivity contribution in [1.29, 1.82) is 0 Å². The van der Waals surface area contributed by atoms with E-state index in [1.807, 2.05) is 0 Å². The SMILES string of the molecule is CC(NC(=O)[C@@H]1C[C@@H]1C(=O)O)C(=O)N(C)C. The first kappa shape index (κ1) is 12.5. The highest BCUT2D eigenvalue weighted by Gasteiger charge is 2.48. The van der Waals surface area contributed by atoms with E-state index in [0.717, 1.165) is 0 Å². The Morgan fingerprint density at radius 1 is 1.31 bits per heavy atom. The van der Waals surface area contributed by atoms with Gasteiger partial charge in [0, 0.05) is 14.1 Å². The maximum Gasteiger partial charge on any atom is 0.307 e. The number of carbonyl (C=O) groups is 3. The number of likely N-dealkylation sites (N-methyl/N-ethyl adjacent to an activating group) is 1. The van der Waals surface area contributed by atoms with Crippen molar-refractivity contribution in [1.82, 2.24) is 10.2 Å². The van der Waals surface area contributed by atoms with Gasteiger partial charge in [-0.1, -0.05) is 0 Å². The van der Waals surface area contributed by atoms with Gasteiger partial charge < -0.3 is 15.3 Å². The van der Waals surface area contributed by atoms with Crippen LogP contribution in [0.4, 0.5) is 0 Å². The standard InChI is InChI=1S/C10H16N2O4/c1-5(9(14)12(2)3)11-8(13)6-4-7(6)10(15)16/h5-7H,4H2,1-3H3,(H,11,13)(H,15,16)/t5?,6-,7+/m1/s1. The fraction of sp³-hybridized carbons (Fsp3) is 0.700. The van der Waals surface area contributed by atoms with Gasteiger partial charge in [-0.2, -0.15) is 0 Å². The fourth-order valence-electron chi connectivity index (χ4n) is 1.53. The highest BCUT2D eigenvalue weighted by Crippen LogP contribution is 2.38. The van der Waals surface area contributed by atoms with Gasteiger partial charge in [-0.15, -0.1) is 0 Å². The molecule has 16 heavy (non-hydrogen) atoms. The zero-order valence-corrected chi connectivity index (χ0v) is 9.56. The monoisotopic (exact) mass is 228 g/mol. The van der Waals surface area contributed by atoms with Crippen LogP contribution in [0.15, 0.2) is 0 Å². The van der Waals surface area contributed by atoms with E-state index in [1.165, 1.54) is 4.90 Å². The minimum Gasteiger partial charge on any atom is -0.481 e. The fourth-order valence-corrected chi connectivity index (χ4v) is 1.53. The van der Waals surface area contributed by atoms with E-state index >= 15 is 0 Å². The number of nitrogens with one attached hydrogen (secondary N) is 1. The molecule has 0 spiro atoms. The minimum absolute atomic E-state index is 0.208. The molecule has 0 aromatic rings. The second-order valence-corrected chi connectivity index (χ2v) is 4.25. The molecule has 90 valence electrons. The van der Waals surface area contributed by atoms with Gasteiger partial charge in [0.2, 0.25) is 11.8 Å². The number of amides is 2. The third kappa shape index (κ3) is 2.71. The lowest BCUT2D eigenvalue weighted by Gasteiger charge is -2.17. The van der Waals surface area contributed by atoms with Crippen LogP contribution < -0.4 is 5.32 Å². The van der Waals surface area contributed by atoms with Crippen LogP contribution in [0.2, 0.25) is 0 Å². The number of nitrogens with zero attached hydrogens (tertiary/aromatic N) is 1. The quantitative estimate of drug-likeness (QED) is 0.666. The molecule has 6 nitrogen and oxygen atoms in total. The van der Waals surface area contributed by atoms with Gasteiger partial charge in [0.25, 0.3) is 0 Å². The summed E-state index contributed by atoms with van der Waals surface area (Å²) in [5, 5.41) is 11.2. The minimum atomic E-state index is -0.952. The van der Waals surface area contributed by atoms with Crippen molar-refractivity contribution >= 4 is 17.8 Å². The molecule has 0 saturated heterocycles. The average Bonchev–Trinajstić information content (AvgIpc) is 2.95. The van der Waals surface area contributed by atoms with Gasteiger partial charge >= 0.3 is 5.97 Å². The Morgan fingerprint density at radius 3 is 2.25 bits per heavy atom. The number of aliphatic carboxylic acids is 1. The molecule has 1 fully saturated rings. The van der Waals surface area contributed by atoms with Gasteiger partial charge in [0.15, 0.2) is 0 Å². The Hall–Kier alpha value is -1.59. The zero-order valence-electron chi connectivity index (χ0n) is 9.56. The molecule has 0 heterocycles. The molecule has 1 aliphatic rings. The molecular weight excluding hydrogens is 212 g/mol. The van der Waals surface area contributed by atoms with Crippen LogP contribution in [0.5, 0.6) is 0 Å². The van der Waals surface area contributed by atoms with Crippen LogP contribution in [0.25, 0.3) is 0 Å². The van der Waals surface area contributed by atoms with Crippen molar-refractivity contribution in [3.63, 3.8) is 0 Å². The molecule has 0 aromatic heterocycles. The Kier molecular flexibility index (Phi) is 3.51. The summed E-state index contributed by atoms with van der Waals surface area (Å²) in [5.41, 5.74) is 0. The third-order valence-corrected chi connectivity index (χ3v) is 2.61. The number of rotatable bonds is 4. The molecule has 0 aromatic carbocycles. The lowest BCUT2D eigenvalue weighted by molar-refractivity contribution is -0.140. The molecule has 2 amide bonds. The van der Waals surface area contributed by atoms with Gasteiger partial charge in [-0.3, -0.25) is 14.4 Å². The highest BCUT2D eigenvalue weighted by molar-refractivity contribution is 5.92. The molecule has 0 radical (unpaired) electrons. The second-order valence-electron chi connectivity index (χ2n) is 4.25. The smallest absolute Gasteiger partial charge is 0.307 e. The van der Waals surface area contributed by atoms with Crippen LogP contribution in [-0.4, -0.2) is 47.9 Å². The van der Waals surface area contributed by atoms with Gasteiger partial charge in [-0.25, -0.2) is 0 Å². The van der Waals surface area contributed by atoms with E-state index in [0.29, 0.717) is 6.42 Å². The molecule has 0 aliphatic heterocycles. The van der Waals surface area contributed by atoms with Crippen LogP contribution in [0, 0.1) is 11.8 Å². The first-order valence-electron chi connectivity index (χ1n) is 5.09. The maximum absolute atomic E-state index is 11.5. The summed E-state index contributed by atoms with van der Waals surface area (Å²) in [5.74, 6) is -2.57. The molecule has 0 bridgehead atoms. The summed E-state index contributed by atoms with van der Waals surface area (Å²) in [6.07, 6.45) is 0.365. The number of carboxylic acids is 1. The lowest BCUT2D eigenvalue weighted by atomic mass is 10.2. The number of carboxylic acid groups (broad SMARTS) is 1. The summed E-state index contributed by atoms with van der Waals surface area (Å²) in [6.45, 7) is 1.58. The van der Waals surface area contributed by atoms with E-state index in [1.54, 1.807) is 21.0 Å². The molecule has 1 aliphatic carbocycles. The average molecular weight is 228 g/mol. The Morgan fingerprint density at radius 2 is 1.88 bits per heavy atom. The predicted octanol–water partition coefficient (Wildman–Crippen LogP) is -0.700. The summed E-state index contributed by atoms with van der Waals surface area (Å²) in [7, 11) is 3.20. The van der Waals surface area contributed by atoms with Crippen molar-refractivity contribution in [3.05, 3.63) is 0 Å². The summed E-state index contributed by atoms with van der Waals surface area (Å²) < 4.78 is 0. The molecule has 2 N–H and O–H groups in total. The van der Waals surface area contributed by atoms with E-state index < -0.39 is 23.8 Å². The van der Waals surface area contributed by atoms with Crippen molar-refractivity contribution in [3.8, 4) is 0 Å². The van der Waals surface area contributed by atoms with Crippen LogP contribution in [0.1, 0.15) is 13.3 Å². The normalized spacial score (nSPS) is 24.4. The molecule has 3 atom stereocenters. The van der Waals surface area contributed by atoms with E-state index in [2.05, 4.69) is 5.32 Å². The second kappa shape index (κ2) is 4.51.